The summed E-state index contributed by atoms with van der Waals surface area (Å²) in [6.07, 6.45) is -4.35. The van der Waals surface area contributed by atoms with Crippen molar-refractivity contribution in [2.45, 2.75) is 23.5 Å². The number of nitrogens with one attached hydrogen (secondary N) is 1. The Balaban J connectivity index is 1.51. The van der Waals surface area contributed by atoms with Crippen LogP contribution in [0, 0.1) is 0 Å². The van der Waals surface area contributed by atoms with E-state index in [1.54, 1.807) is 35.2 Å². The molecule has 3 aromatic carbocycles. The smallest absolute Gasteiger partial charge is 0.416 e. The fourth-order valence-electron chi connectivity index (χ4n) is 4.38. The van der Waals surface area contributed by atoms with Crippen LogP contribution < -0.4 is 14.4 Å². The van der Waals surface area contributed by atoms with Gasteiger partial charge in [0.25, 0.3) is 0 Å². The van der Waals surface area contributed by atoms with E-state index in [1.165, 1.54) is 36.3 Å². The average molecular weight is 582 g/mol. The van der Waals surface area contributed by atoms with Crippen LogP contribution >= 0.6 is 11.6 Å². The number of hydrogen-bond acceptors (Lipinski definition) is 5. The Labute approximate surface area is 230 Å². The van der Waals surface area contributed by atoms with Crippen LogP contribution in [0.4, 0.5) is 18.9 Å². The van der Waals surface area contributed by atoms with Gasteiger partial charge in [-0.3, -0.25) is 4.79 Å². The predicted octanol–water partition coefficient (Wildman–Crippen LogP) is 4.61. The lowest BCUT2D eigenvalue weighted by atomic mass is 10.1. The zero-order valence-electron chi connectivity index (χ0n) is 21.0. The summed E-state index contributed by atoms with van der Waals surface area (Å²) in [5.74, 6) is -0.114. The van der Waals surface area contributed by atoms with E-state index in [9.17, 15) is 26.4 Å². The van der Waals surface area contributed by atoms with Crippen LogP contribution in [-0.4, -0.2) is 58.6 Å². The van der Waals surface area contributed by atoms with E-state index < -0.39 is 33.7 Å². The van der Waals surface area contributed by atoms with Gasteiger partial charge in [-0.2, -0.15) is 17.9 Å². The van der Waals surface area contributed by atoms with Crippen LogP contribution in [0.2, 0.25) is 5.02 Å². The molecule has 1 heterocycles. The van der Waals surface area contributed by atoms with E-state index in [-0.39, 0.29) is 29.4 Å². The third-order valence-electron chi connectivity index (χ3n) is 6.44. The molecule has 3 aromatic rings. The quantitative estimate of drug-likeness (QED) is 0.420. The largest absolute Gasteiger partial charge is 0.495 e. The monoisotopic (exact) mass is 581 g/mol. The maximum atomic E-state index is 13.6. The number of hydrogen-bond donors (Lipinski definition) is 1. The number of carbonyl (C=O) groups excluding carboxylic acids is 1. The van der Waals surface area contributed by atoms with E-state index in [0.29, 0.717) is 24.5 Å². The van der Waals surface area contributed by atoms with Gasteiger partial charge in [0.15, 0.2) is 0 Å². The minimum Gasteiger partial charge on any atom is -0.495 e. The first-order valence-corrected chi connectivity index (χ1v) is 13.9. The molecular weight excluding hydrogens is 555 g/mol. The van der Waals surface area contributed by atoms with Crippen LogP contribution in [0.15, 0.2) is 77.7 Å². The summed E-state index contributed by atoms with van der Waals surface area (Å²) < 4.78 is 73.5. The van der Waals surface area contributed by atoms with Crippen molar-refractivity contribution >= 4 is 33.2 Å². The topological polar surface area (TPSA) is 78.9 Å². The molecular formula is C27H27ClF3N3O4S. The number of halogens is 4. The van der Waals surface area contributed by atoms with E-state index in [0.717, 1.165) is 17.7 Å². The second kappa shape index (κ2) is 11.8. The van der Waals surface area contributed by atoms with Gasteiger partial charge in [0, 0.05) is 31.9 Å². The summed E-state index contributed by atoms with van der Waals surface area (Å²) in [5.41, 5.74) is 0.429. The van der Waals surface area contributed by atoms with Gasteiger partial charge in [0.05, 0.1) is 22.6 Å². The molecule has 0 aliphatic carbocycles. The molecule has 1 amide bonds. The van der Waals surface area contributed by atoms with Gasteiger partial charge in [-0.15, -0.1) is 0 Å². The molecule has 1 N–H and O–H groups in total. The average Bonchev–Trinajstić information content (AvgIpc) is 2.92. The summed E-state index contributed by atoms with van der Waals surface area (Å²) in [5, 5.41) is 0.108. The minimum absolute atomic E-state index is 0.108. The van der Waals surface area contributed by atoms with E-state index >= 15 is 0 Å². The zero-order chi connectivity index (χ0) is 28.2. The standard InChI is InChI=1S/C27H27ClF3N3O4S/c1-38-25-11-10-22(18-23(25)28)39(36,37)32-24(16-19-6-3-2-4-7-19)26(35)34-14-12-33(13-15-34)21-9-5-8-20(17-21)27(29,30)31/h2-11,17-18,24,32H,12-16H2,1H3/t24-/m0/s1. The summed E-state index contributed by atoms with van der Waals surface area (Å²) in [4.78, 5) is 16.8. The van der Waals surface area contributed by atoms with Gasteiger partial charge in [0.2, 0.25) is 15.9 Å². The lowest BCUT2D eigenvalue weighted by molar-refractivity contribution is -0.137. The predicted molar refractivity (Wildman–Crippen MR) is 142 cm³/mol. The first-order chi connectivity index (χ1) is 18.5. The summed E-state index contributed by atoms with van der Waals surface area (Å²) in [7, 11) is -2.73. The molecule has 0 saturated carbocycles. The number of sulfonamides is 1. The number of methoxy groups -OCH3 is 1. The molecule has 0 bridgehead atoms. The van der Waals surface area contributed by atoms with E-state index in [1.807, 2.05) is 6.07 Å². The Morgan fingerprint density at radius 2 is 1.69 bits per heavy atom. The van der Waals surface area contributed by atoms with Crippen molar-refractivity contribution in [3.63, 3.8) is 0 Å². The second-order valence-electron chi connectivity index (χ2n) is 9.02. The van der Waals surface area contributed by atoms with Gasteiger partial charge < -0.3 is 14.5 Å². The first-order valence-electron chi connectivity index (χ1n) is 12.1. The van der Waals surface area contributed by atoms with E-state index in [2.05, 4.69) is 4.72 Å². The van der Waals surface area contributed by atoms with Crippen molar-refractivity contribution in [1.29, 1.82) is 0 Å². The summed E-state index contributed by atoms with van der Waals surface area (Å²) in [6, 6.07) is 17.0. The fraction of sp³-hybridized carbons (Fsp3) is 0.296. The number of rotatable bonds is 8. The molecule has 0 radical (unpaired) electrons. The normalized spacial score (nSPS) is 15.2. The van der Waals surface area contributed by atoms with Gasteiger partial charge in [-0.25, -0.2) is 8.42 Å². The Kier molecular flexibility index (Phi) is 8.73. The highest BCUT2D eigenvalue weighted by Crippen LogP contribution is 2.32. The molecule has 7 nitrogen and oxygen atoms in total. The Hall–Kier alpha value is -3.28. The highest BCUT2D eigenvalue weighted by molar-refractivity contribution is 7.89. The van der Waals surface area contributed by atoms with Crippen LogP contribution in [0.5, 0.6) is 5.75 Å². The van der Waals surface area contributed by atoms with Crippen LogP contribution in [-0.2, 0) is 27.4 Å². The molecule has 0 spiro atoms. The summed E-state index contributed by atoms with van der Waals surface area (Å²) in [6.45, 7) is 1.03. The molecule has 0 aromatic heterocycles. The molecule has 1 saturated heterocycles. The third kappa shape index (κ3) is 7.03. The number of alkyl halides is 3. The van der Waals surface area contributed by atoms with Crippen LogP contribution in [0.25, 0.3) is 0 Å². The van der Waals surface area contributed by atoms with Crippen molar-refractivity contribution in [2.75, 3.05) is 38.2 Å². The van der Waals surface area contributed by atoms with Crippen molar-refractivity contribution in [1.82, 2.24) is 9.62 Å². The van der Waals surface area contributed by atoms with Gasteiger partial charge >= 0.3 is 6.18 Å². The number of carbonyl (C=O) groups is 1. The highest BCUT2D eigenvalue weighted by Gasteiger charge is 2.33. The Bertz CT molecular complexity index is 1410. The molecule has 12 heteroatoms. The highest BCUT2D eigenvalue weighted by atomic mass is 35.5. The molecule has 1 aliphatic rings. The maximum Gasteiger partial charge on any atom is 0.416 e. The van der Waals surface area contributed by atoms with Gasteiger partial charge in [-0.1, -0.05) is 48.0 Å². The molecule has 208 valence electrons. The fourth-order valence-corrected chi connectivity index (χ4v) is 5.92. The van der Waals surface area contributed by atoms with Gasteiger partial charge in [0.1, 0.15) is 11.8 Å². The summed E-state index contributed by atoms with van der Waals surface area (Å²) >= 11 is 6.13. The second-order valence-corrected chi connectivity index (χ2v) is 11.1. The van der Waals surface area contributed by atoms with E-state index in [4.69, 9.17) is 16.3 Å². The number of piperazine rings is 1. The van der Waals surface area contributed by atoms with Crippen molar-refractivity contribution < 1.29 is 31.1 Å². The third-order valence-corrected chi connectivity index (χ3v) is 8.21. The number of ether oxygens (including phenoxy) is 1. The lowest BCUT2D eigenvalue weighted by Crippen LogP contribution is -2.55. The molecule has 1 atom stereocenters. The Morgan fingerprint density at radius 3 is 2.31 bits per heavy atom. The van der Waals surface area contributed by atoms with Crippen molar-refractivity contribution in [3.05, 3.63) is 88.9 Å². The number of nitrogens with zero attached hydrogens (tertiary/aromatic N) is 2. The number of anilines is 1. The molecule has 4 rings (SSSR count). The minimum atomic E-state index is -4.45. The molecule has 39 heavy (non-hydrogen) atoms. The lowest BCUT2D eigenvalue weighted by Gasteiger charge is -2.38. The van der Waals surface area contributed by atoms with Gasteiger partial charge in [-0.05, 0) is 48.4 Å². The zero-order valence-corrected chi connectivity index (χ0v) is 22.6. The van der Waals surface area contributed by atoms with Crippen molar-refractivity contribution in [3.8, 4) is 5.75 Å². The molecule has 1 aliphatic heterocycles. The molecule has 0 unspecified atom stereocenters. The van der Waals surface area contributed by atoms with Crippen molar-refractivity contribution in [2.24, 2.45) is 0 Å². The van der Waals surface area contributed by atoms with Crippen LogP contribution in [0.1, 0.15) is 11.1 Å². The number of benzene rings is 3. The molecule has 1 fully saturated rings. The SMILES string of the molecule is COc1ccc(S(=O)(=O)N[C@@H](Cc2ccccc2)C(=O)N2CCN(c3cccc(C(F)(F)F)c3)CC2)cc1Cl. The number of amides is 1. The maximum absolute atomic E-state index is 13.6. The Morgan fingerprint density at radius 1 is 1.00 bits per heavy atom. The first kappa shape index (κ1) is 28.7. The van der Waals surface area contributed by atoms with Crippen LogP contribution in [0.3, 0.4) is 0 Å².